The van der Waals surface area contributed by atoms with Crippen LogP contribution in [0.5, 0.6) is 5.75 Å². The van der Waals surface area contributed by atoms with E-state index in [9.17, 15) is 4.79 Å². The molecule has 2 aromatic carbocycles. The van der Waals surface area contributed by atoms with Gasteiger partial charge in [0.1, 0.15) is 5.75 Å². The SMILES string of the molecule is CCOc1ccccc1-c1cccc(C2(C)CC(=O)N(C)C(N)=N2)c1. The lowest BCUT2D eigenvalue weighted by Crippen LogP contribution is -2.47. The van der Waals surface area contributed by atoms with Crippen LogP contribution < -0.4 is 10.5 Å². The number of ether oxygens (including phenoxy) is 1. The average molecular weight is 337 g/mol. The largest absolute Gasteiger partial charge is 0.493 e. The van der Waals surface area contributed by atoms with Crippen molar-refractivity contribution in [3.63, 3.8) is 0 Å². The van der Waals surface area contributed by atoms with Gasteiger partial charge in [-0.15, -0.1) is 0 Å². The van der Waals surface area contributed by atoms with Crippen molar-refractivity contribution >= 4 is 11.9 Å². The molecule has 0 saturated carbocycles. The maximum atomic E-state index is 12.2. The average Bonchev–Trinajstić information content (AvgIpc) is 2.60. The molecule has 0 radical (unpaired) electrons. The standard InChI is InChI=1S/C20H23N3O2/c1-4-25-17-11-6-5-10-16(17)14-8-7-9-15(12-14)20(2)13-18(24)23(3)19(21)22-20/h5-12H,4,13H2,1-3H3,(H2,21,22). The van der Waals surface area contributed by atoms with Gasteiger partial charge in [0, 0.05) is 12.6 Å². The van der Waals surface area contributed by atoms with E-state index in [0.29, 0.717) is 13.0 Å². The second-order valence-corrected chi connectivity index (χ2v) is 6.38. The summed E-state index contributed by atoms with van der Waals surface area (Å²) in [5.74, 6) is 1.06. The van der Waals surface area contributed by atoms with Gasteiger partial charge in [0.05, 0.1) is 18.6 Å². The Morgan fingerprint density at radius 2 is 2.00 bits per heavy atom. The van der Waals surface area contributed by atoms with Crippen LogP contribution in [0.3, 0.4) is 0 Å². The lowest BCUT2D eigenvalue weighted by atomic mass is 9.86. The number of carbonyl (C=O) groups excluding carboxylic acids is 1. The smallest absolute Gasteiger partial charge is 0.231 e. The second kappa shape index (κ2) is 6.59. The Morgan fingerprint density at radius 1 is 1.24 bits per heavy atom. The number of amides is 1. The first kappa shape index (κ1) is 17.0. The summed E-state index contributed by atoms with van der Waals surface area (Å²) < 4.78 is 5.74. The van der Waals surface area contributed by atoms with Crippen molar-refractivity contribution in [3.8, 4) is 16.9 Å². The number of benzene rings is 2. The third-order valence-corrected chi connectivity index (χ3v) is 4.56. The molecule has 3 rings (SSSR count). The molecule has 1 heterocycles. The summed E-state index contributed by atoms with van der Waals surface area (Å²) in [6, 6.07) is 16.0. The third kappa shape index (κ3) is 3.22. The monoisotopic (exact) mass is 337 g/mol. The lowest BCUT2D eigenvalue weighted by molar-refractivity contribution is -0.128. The van der Waals surface area contributed by atoms with Gasteiger partial charge in [-0.3, -0.25) is 9.69 Å². The van der Waals surface area contributed by atoms with Crippen molar-refractivity contribution < 1.29 is 9.53 Å². The number of nitrogens with zero attached hydrogens (tertiary/aromatic N) is 2. The minimum atomic E-state index is -0.662. The first-order valence-electron chi connectivity index (χ1n) is 8.39. The summed E-state index contributed by atoms with van der Waals surface area (Å²) in [5, 5.41) is 0. The van der Waals surface area contributed by atoms with Crippen LogP contribution in [0.1, 0.15) is 25.8 Å². The highest BCUT2D eigenvalue weighted by Crippen LogP contribution is 2.36. The van der Waals surface area contributed by atoms with Crippen LogP contribution in [-0.4, -0.2) is 30.4 Å². The second-order valence-electron chi connectivity index (χ2n) is 6.38. The predicted octanol–water partition coefficient (Wildman–Crippen LogP) is 3.14. The van der Waals surface area contributed by atoms with Crippen molar-refractivity contribution in [2.24, 2.45) is 10.7 Å². The van der Waals surface area contributed by atoms with E-state index in [-0.39, 0.29) is 11.9 Å². The van der Waals surface area contributed by atoms with Gasteiger partial charge in [0.2, 0.25) is 5.91 Å². The molecule has 130 valence electrons. The van der Waals surface area contributed by atoms with Crippen LogP contribution in [0.25, 0.3) is 11.1 Å². The van der Waals surface area contributed by atoms with E-state index in [1.807, 2.05) is 56.3 Å². The van der Waals surface area contributed by atoms with Crippen LogP contribution in [0, 0.1) is 0 Å². The molecular weight excluding hydrogens is 314 g/mol. The predicted molar refractivity (Wildman–Crippen MR) is 99.4 cm³/mol. The molecule has 5 heteroatoms. The molecule has 0 saturated heterocycles. The number of carbonyl (C=O) groups is 1. The summed E-state index contributed by atoms with van der Waals surface area (Å²) >= 11 is 0. The molecule has 1 atom stereocenters. The van der Waals surface area contributed by atoms with E-state index in [1.165, 1.54) is 4.90 Å². The highest BCUT2D eigenvalue weighted by atomic mass is 16.5. The Bertz CT molecular complexity index is 831. The van der Waals surface area contributed by atoms with Crippen LogP contribution in [0.15, 0.2) is 53.5 Å². The van der Waals surface area contributed by atoms with Crippen molar-refractivity contribution in [1.29, 1.82) is 0 Å². The van der Waals surface area contributed by atoms with Gasteiger partial charge in [-0.2, -0.15) is 0 Å². The molecule has 0 aliphatic carbocycles. The summed E-state index contributed by atoms with van der Waals surface area (Å²) in [5.41, 5.74) is 8.28. The van der Waals surface area contributed by atoms with Crippen molar-refractivity contribution in [2.75, 3.05) is 13.7 Å². The molecular formula is C20H23N3O2. The quantitative estimate of drug-likeness (QED) is 0.932. The van der Waals surface area contributed by atoms with Crippen LogP contribution in [0.4, 0.5) is 0 Å². The van der Waals surface area contributed by atoms with E-state index in [1.54, 1.807) is 7.05 Å². The zero-order valence-corrected chi connectivity index (χ0v) is 14.8. The highest BCUT2D eigenvalue weighted by Gasteiger charge is 2.36. The summed E-state index contributed by atoms with van der Waals surface area (Å²) in [6.45, 7) is 4.52. The van der Waals surface area contributed by atoms with E-state index < -0.39 is 5.54 Å². The fraction of sp³-hybridized carbons (Fsp3) is 0.300. The van der Waals surface area contributed by atoms with E-state index in [2.05, 4.69) is 11.1 Å². The van der Waals surface area contributed by atoms with Crippen LogP contribution >= 0.6 is 0 Å². The number of rotatable bonds is 4. The van der Waals surface area contributed by atoms with E-state index in [0.717, 1.165) is 22.4 Å². The number of guanidine groups is 1. The first-order chi connectivity index (χ1) is 11.9. The zero-order valence-electron chi connectivity index (χ0n) is 14.8. The molecule has 1 aliphatic heterocycles. The molecule has 2 N–H and O–H groups in total. The number of hydrogen-bond acceptors (Lipinski definition) is 4. The molecule has 2 aromatic rings. The van der Waals surface area contributed by atoms with Gasteiger partial charge in [0.25, 0.3) is 0 Å². The zero-order chi connectivity index (χ0) is 18.0. The Kier molecular flexibility index (Phi) is 4.49. The Hall–Kier alpha value is -2.82. The topological polar surface area (TPSA) is 67.9 Å². The molecule has 0 spiro atoms. The van der Waals surface area contributed by atoms with Crippen LogP contribution in [-0.2, 0) is 10.3 Å². The van der Waals surface area contributed by atoms with Gasteiger partial charge < -0.3 is 10.5 Å². The highest BCUT2D eigenvalue weighted by molar-refractivity contribution is 5.98. The summed E-state index contributed by atoms with van der Waals surface area (Å²) in [7, 11) is 1.65. The molecule has 25 heavy (non-hydrogen) atoms. The number of hydrogen-bond donors (Lipinski definition) is 1. The summed E-state index contributed by atoms with van der Waals surface area (Å²) in [4.78, 5) is 18.2. The van der Waals surface area contributed by atoms with Crippen molar-refractivity contribution in [3.05, 3.63) is 54.1 Å². The minimum Gasteiger partial charge on any atom is -0.493 e. The maximum Gasteiger partial charge on any atom is 0.231 e. The van der Waals surface area contributed by atoms with E-state index >= 15 is 0 Å². The number of aliphatic imine (C=N–C) groups is 1. The molecule has 5 nitrogen and oxygen atoms in total. The van der Waals surface area contributed by atoms with Gasteiger partial charge in [0.15, 0.2) is 5.96 Å². The normalized spacial score (nSPS) is 20.4. The molecule has 0 fully saturated rings. The Labute approximate surface area is 148 Å². The molecule has 1 amide bonds. The van der Waals surface area contributed by atoms with E-state index in [4.69, 9.17) is 10.5 Å². The van der Waals surface area contributed by atoms with Gasteiger partial charge in [-0.25, -0.2) is 4.99 Å². The number of para-hydroxylation sites is 1. The van der Waals surface area contributed by atoms with Gasteiger partial charge in [-0.1, -0.05) is 36.4 Å². The summed E-state index contributed by atoms with van der Waals surface area (Å²) in [6.07, 6.45) is 0.292. The fourth-order valence-corrected chi connectivity index (χ4v) is 3.08. The molecule has 1 unspecified atom stereocenters. The van der Waals surface area contributed by atoms with Crippen LogP contribution in [0.2, 0.25) is 0 Å². The molecule has 0 aromatic heterocycles. The fourth-order valence-electron chi connectivity index (χ4n) is 3.08. The number of nitrogens with two attached hydrogens (primary N) is 1. The third-order valence-electron chi connectivity index (χ3n) is 4.56. The Balaban J connectivity index is 2.05. The first-order valence-corrected chi connectivity index (χ1v) is 8.39. The molecule has 1 aliphatic rings. The maximum absolute atomic E-state index is 12.2. The Morgan fingerprint density at radius 3 is 2.72 bits per heavy atom. The minimum absolute atomic E-state index is 0.0323. The van der Waals surface area contributed by atoms with Gasteiger partial charge >= 0.3 is 0 Å². The van der Waals surface area contributed by atoms with Crippen molar-refractivity contribution in [2.45, 2.75) is 25.8 Å². The van der Waals surface area contributed by atoms with Gasteiger partial charge in [-0.05, 0) is 37.1 Å². The lowest BCUT2D eigenvalue weighted by Gasteiger charge is -2.33. The van der Waals surface area contributed by atoms with Crippen molar-refractivity contribution in [1.82, 2.24) is 4.90 Å². The molecule has 0 bridgehead atoms.